The number of methoxy groups -OCH3 is 1. The van der Waals surface area contributed by atoms with Crippen LogP contribution in [-0.4, -0.2) is 38.0 Å². The molecule has 35 heavy (non-hydrogen) atoms. The Kier molecular flexibility index (Phi) is 7.72. The first kappa shape index (κ1) is 25.2. The molecule has 0 aliphatic heterocycles. The number of anilines is 1. The number of esters is 1. The number of hydrogen-bond acceptors (Lipinski definition) is 6. The van der Waals surface area contributed by atoms with Gasteiger partial charge in [-0.25, -0.2) is 4.79 Å². The molecule has 4 N–H and O–H groups in total. The molecule has 3 rings (SSSR count). The largest absolute Gasteiger partial charge is 0.573 e. The molecule has 182 valence electrons. The van der Waals surface area contributed by atoms with E-state index in [9.17, 15) is 22.8 Å². The van der Waals surface area contributed by atoms with E-state index in [2.05, 4.69) is 10.1 Å². The molecule has 0 bridgehead atoms. The fourth-order valence-corrected chi connectivity index (χ4v) is 3.16. The lowest BCUT2D eigenvalue weighted by Gasteiger charge is -2.16. The first-order chi connectivity index (χ1) is 16.6. The minimum atomic E-state index is -4.97. The number of carbonyl (C=O) groups excluding carboxylic acids is 2. The molecule has 3 aromatic carbocycles. The van der Waals surface area contributed by atoms with Gasteiger partial charge in [-0.05, 0) is 59.7 Å². The Labute approximate surface area is 197 Å². The van der Waals surface area contributed by atoms with Crippen LogP contribution in [0.25, 0.3) is 11.1 Å². The Balaban J connectivity index is 2.05. The van der Waals surface area contributed by atoms with Gasteiger partial charge in [-0.3, -0.25) is 10.2 Å². The number of amidine groups is 1. The quantitative estimate of drug-likeness (QED) is 0.185. The standard InChI is InChI=1S/C24H20F3N3O5/c1-33-13-34-23(32)19-5-3-2-4-17(19)18-11-10-16(35-24(25,26)27)12-20(18)22(31)30-15-8-6-14(7-9-15)21(28)29/h2-12H,13H2,1H3,(H3,28,29)(H,30,31). The average Bonchev–Trinajstić information content (AvgIpc) is 2.82. The summed E-state index contributed by atoms with van der Waals surface area (Å²) in [5.74, 6) is -2.29. The summed E-state index contributed by atoms with van der Waals surface area (Å²) in [7, 11) is 1.34. The molecule has 0 heterocycles. The number of hydrogen-bond donors (Lipinski definition) is 3. The molecule has 11 heteroatoms. The van der Waals surface area contributed by atoms with Crippen LogP contribution in [0.4, 0.5) is 18.9 Å². The van der Waals surface area contributed by atoms with Gasteiger partial charge in [-0.15, -0.1) is 13.2 Å². The topological polar surface area (TPSA) is 124 Å². The van der Waals surface area contributed by atoms with E-state index in [-0.39, 0.29) is 34.9 Å². The Morgan fingerprint density at radius 1 is 0.971 bits per heavy atom. The van der Waals surface area contributed by atoms with Crippen molar-refractivity contribution < 1.29 is 37.0 Å². The molecule has 0 aliphatic carbocycles. The van der Waals surface area contributed by atoms with Crippen LogP contribution in [0.5, 0.6) is 5.75 Å². The van der Waals surface area contributed by atoms with Crippen molar-refractivity contribution in [3.05, 3.63) is 83.4 Å². The third kappa shape index (κ3) is 6.58. The molecule has 0 atom stereocenters. The van der Waals surface area contributed by atoms with Crippen molar-refractivity contribution in [2.75, 3.05) is 19.2 Å². The summed E-state index contributed by atoms with van der Waals surface area (Å²) in [5.41, 5.74) is 6.47. The summed E-state index contributed by atoms with van der Waals surface area (Å²) < 4.78 is 52.2. The minimum absolute atomic E-state index is 0.0777. The smallest absolute Gasteiger partial charge is 0.435 e. The normalized spacial score (nSPS) is 11.0. The van der Waals surface area contributed by atoms with Gasteiger partial charge in [-0.2, -0.15) is 0 Å². The summed E-state index contributed by atoms with van der Waals surface area (Å²) in [6.07, 6.45) is -4.97. The van der Waals surface area contributed by atoms with Crippen molar-refractivity contribution in [1.29, 1.82) is 5.41 Å². The molecule has 3 aromatic rings. The van der Waals surface area contributed by atoms with Gasteiger partial charge < -0.3 is 25.3 Å². The highest BCUT2D eigenvalue weighted by Gasteiger charge is 2.32. The van der Waals surface area contributed by atoms with Crippen LogP contribution in [0.15, 0.2) is 66.7 Å². The molecule has 0 fully saturated rings. The maximum absolute atomic E-state index is 13.1. The van der Waals surface area contributed by atoms with E-state index in [0.29, 0.717) is 11.3 Å². The predicted molar refractivity (Wildman–Crippen MR) is 121 cm³/mol. The lowest BCUT2D eigenvalue weighted by Crippen LogP contribution is -2.19. The Bertz CT molecular complexity index is 1240. The van der Waals surface area contributed by atoms with Gasteiger partial charge in [0.25, 0.3) is 5.91 Å². The number of alkyl halides is 3. The number of nitrogen functional groups attached to an aromatic ring is 1. The number of rotatable bonds is 8. The number of ether oxygens (including phenoxy) is 3. The summed E-state index contributed by atoms with van der Waals surface area (Å²) in [5, 5.41) is 10.0. The maximum Gasteiger partial charge on any atom is 0.573 e. The van der Waals surface area contributed by atoms with E-state index in [4.69, 9.17) is 20.6 Å². The van der Waals surface area contributed by atoms with Crippen molar-refractivity contribution in [2.24, 2.45) is 5.73 Å². The van der Waals surface area contributed by atoms with Gasteiger partial charge in [-0.1, -0.05) is 18.2 Å². The van der Waals surface area contributed by atoms with Gasteiger partial charge in [0.15, 0.2) is 6.79 Å². The second kappa shape index (κ2) is 10.7. The number of carbonyl (C=O) groups is 2. The third-order valence-corrected chi connectivity index (χ3v) is 4.67. The number of amides is 1. The molecule has 0 saturated heterocycles. The van der Waals surface area contributed by atoms with E-state index < -0.39 is 24.0 Å². The van der Waals surface area contributed by atoms with Crippen LogP contribution in [0, 0.1) is 5.41 Å². The van der Waals surface area contributed by atoms with E-state index in [0.717, 1.165) is 12.1 Å². The number of benzene rings is 3. The van der Waals surface area contributed by atoms with Crippen molar-refractivity contribution in [1.82, 2.24) is 0 Å². The maximum atomic E-state index is 13.1. The second-order valence-corrected chi connectivity index (χ2v) is 7.08. The van der Waals surface area contributed by atoms with Crippen LogP contribution in [0.2, 0.25) is 0 Å². The Morgan fingerprint density at radius 3 is 2.26 bits per heavy atom. The third-order valence-electron chi connectivity index (χ3n) is 4.67. The highest BCUT2D eigenvalue weighted by atomic mass is 19.4. The number of halogens is 3. The molecule has 0 aliphatic rings. The lowest BCUT2D eigenvalue weighted by molar-refractivity contribution is -0.274. The van der Waals surface area contributed by atoms with Crippen LogP contribution < -0.4 is 15.8 Å². The van der Waals surface area contributed by atoms with E-state index in [1.807, 2.05) is 0 Å². The minimum Gasteiger partial charge on any atom is -0.435 e. The van der Waals surface area contributed by atoms with E-state index in [1.165, 1.54) is 49.6 Å². The molecule has 8 nitrogen and oxygen atoms in total. The van der Waals surface area contributed by atoms with Crippen LogP contribution in [0.3, 0.4) is 0 Å². The van der Waals surface area contributed by atoms with Gasteiger partial charge in [0.1, 0.15) is 11.6 Å². The fraction of sp³-hybridized carbons (Fsp3) is 0.125. The molecule has 1 amide bonds. The van der Waals surface area contributed by atoms with Crippen LogP contribution in [0.1, 0.15) is 26.3 Å². The molecule has 0 unspecified atom stereocenters. The zero-order valence-electron chi connectivity index (χ0n) is 18.3. The summed E-state index contributed by atoms with van der Waals surface area (Å²) >= 11 is 0. The SMILES string of the molecule is COCOC(=O)c1ccccc1-c1ccc(OC(F)(F)F)cc1C(=O)Nc1ccc(C(=N)N)cc1. The highest BCUT2D eigenvalue weighted by Crippen LogP contribution is 2.33. The van der Waals surface area contributed by atoms with Crippen molar-refractivity contribution in [3.8, 4) is 16.9 Å². The molecule has 0 saturated carbocycles. The molecular weight excluding hydrogens is 467 g/mol. The Hall–Kier alpha value is -4.38. The predicted octanol–water partition coefficient (Wildman–Crippen LogP) is 4.55. The molecular formula is C24H20F3N3O5. The van der Waals surface area contributed by atoms with Gasteiger partial charge in [0, 0.05) is 18.4 Å². The first-order valence-corrected chi connectivity index (χ1v) is 10.00. The van der Waals surface area contributed by atoms with Crippen molar-refractivity contribution in [3.63, 3.8) is 0 Å². The second-order valence-electron chi connectivity index (χ2n) is 7.08. The van der Waals surface area contributed by atoms with Crippen molar-refractivity contribution >= 4 is 23.4 Å². The monoisotopic (exact) mass is 487 g/mol. The summed E-state index contributed by atoms with van der Waals surface area (Å²) in [6.45, 7) is -0.310. The summed E-state index contributed by atoms with van der Waals surface area (Å²) in [6, 6.07) is 15.4. The highest BCUT2D eigenvalue weighted by molar-refractivity contribution is 6.11. The summed E-state index contributed by atoms with van der Waals surface area (Å²) in [4.78, 5) is 25.7. The zero-order valence-corrected chi connectivity index (χ0v) is 18.3. The van der Waals surface area contributed by atoms with E-state index in [1.54, 1.807) is 12.1 Å². The van der Waals surface area contributed by atoms with Crippen molar-refractivity contribution in [2.45, 2.75) is 6.36 Å². The van der Waals surface area contributed by atoms with Crippen LogP contribution >= 0.6 is 0 Å². The molecule has 0 radical (unpaired) electrons. The van der Waals surface area contributed by atoms with Crippen LogP contribution in [-0.2, 0) is 9.47 Å². The number of nitrogens with one attached hydrogen (secondary N) is 2. The number of nitrogens with two attached hydrogens (primary N) is 1. The average molecular weight is 487 g/mol. The van der Waals surface area contributed by atoms with Gasteiger partial charge in [0.05, 0.1) is 11.1 Å². The van der Waals surface area contributed by atoms with Gasteiger partial charge in [0.2, 0.25) is 0 Å². The first-order valence-electron chi connectivity index (χ1n) is 10.00. The lowest BCUT2D eigenvalue weighted by atomic mass is 9.94. The van der Waals surface area contributed by atoms with Gasteiger partial charge >= 0.3 is 12.3 Å². The van der Waals surface area contributed by atoms with E-state index >= 15 is 0 Å². The zero-order chi connectivity index (χ0) is 25.6. The fourth-order valence-electron chi connectivity index (χ4n) is 3.16. The molecule has 0 spiro atoms. The Morgan fingerprint density at radius 2 is 1.63 bits per heavy atom. The molecule has 0 aromatic heterocycles.